The van der Waals surface area contributed by atoms with Crippen LogP contribution in [0, 0.1) is 0 Å². The lowest BCUT2D eigenvalue weighted by molar-refractivity contribution is -0.490. The number of benzene rings is 1. The molecule has 8 nitrogen and oxygen atoms in total. The zero-order valence-electron chi connectivity index (χ0n) is 12.6. The van der Waals surface area contributed by atoms with Gasteiger partial charge in [0.2, 0.25) is 18.2 Å². The summed E-state index contributed by atoms with van der Waals surface area (Å²) in [5, 5.41) is 5.68. The highest BCUT2D eigenvalue weighted by Gasteiger charge is 2.31. The lowest BCUT2D eigenvalue weighted by Crippen LogP contribution is -2.30. The second-order valence-electron chi connectivity index (χ2n) is 5.04. The summed E-state index contributed by atoms with van der Waals surface area (Å²) >= 11 is 0. The van der Waals surface area contributed by atoms with E-state index in [1.54, 1.807) is 0 Å². The summed E-state index contributed by atoms with van der Waals surface area (Å²) in [6.45, 7) is -1.20. The first-order valence-corrected chi connectivity index (χ1v) is 6.89. The summed E-state index contributed by atoms with van der Waals surface area (Å²) in [7, 11) is 0. The molecule has 4 amide bonds. The Bertz CT molecular complexity index is 761. The fraction of sp³-hybridized carbons (Fsp3) is 0.286. The minimum absolute atomic E-state index is 0.196. The number of alkyl halides is 3. The van der Waals surface area contributed by atoms with E-state index in [1.807, 2.05) is 5.32 Å². The number of carbonyl (C=O) groups is 4. The topological polar surface area (TPSA) is 98.9 Å². The molecule has 1 heterocycles. The van der Waals surface area contributed by atoms with Gasteiger partial charge in [0, 0.05) is 5.56 Å². The first kappa shape index (κ1) is 18.2. The minimum atomic E-state index is -4.60. The molecule has 0 atom stereocenters. The fourth-order valence-electron chi connectivity index (χ4n) is 1.98. The van der Waals surface area contributed by atoms with Crippen LogP contribution in [0.1, 0.15) is 15.9 Å². The average Bonchev–Trinajstić information content (AvgIpc) is 2.88. The molecule has 1 saturated heterocycles. The monoisotopic (exact) mass is 357 g/mol. The van der Waals surface area contributed by atoms with Gasteiger partial charge in [-0.05, 0) is 21.9 Å². The summed E-state index contributed by atoms with van der Waals surface area (Å²) in [6.07, 6.45) is -4.40. The van der Waals surface area contributed by atoms with E-state index >= 15 is 0 Å². The number of ketones is 1. The van der Waals surface area contributed by atoms with Crippen LogP contribution in [-0.2, 0) is 15.8 Å². The van der Waals surface area contributed by atoms with Gasteiger partial charge in [-0.1, -0.05) is 12.1 Å². The molecule has 0 spiro atoms. The Morgan fingerprint density at radius 1 is 1.36 bits per heavy atom. The van der Waals surface area contributed by atoms with Gasteiger partial charge in [-0.3, -0.25) is 19.8 Å². The number of rotatable bonds is 6. The summed E-state index contributed by atoms with van der Waals surface area (Å²) in [4.78, 5) is 46.3. The van der Waals surface area contributed by atoms with E-state index in [0.717, 1.165) is 17.0 Å². The molecule has 1 aliphatic rings. The molecular weight excluding hydrogens is 345 g/mol. The van der Waals surface area contributed by atoms with Crippen LogP contribution in [0.15, 0.2) is 29.4 Å². The molecule has 132 valence electrons. The second-order valence-corrected chi connectivity index (χ2v) is 5.04. The fourth-order valence-corrected chi connectivity index (χ4v) is 1.98. The minimum Gasteiger partial charge on any atom is -0.290 e. The van der Waals surface area contributed by atoms with Crippen molar-refractivity contribution in [3.63, 3.8) is 0 Å². The van der Waals surface area contributed by atoms with E-state index in [9.17, 15) is 32.3 Å². The quantitative estimate of drug-likeness (QED) is 0.270. The Morgan fingerprint density at radius 2 is 2.08 bits per heavy atom. The molecular formula is C14H12F3N4O4+. The van der Waals surface area contributed by atoms with E-state index in [1.165, 1.54) is 6.07 Å². The maximum Gasteiger partial charge on any atom is 0.416 e. The van der Waals surface area contributed by atoms with Gasteiger partial charge >= 0.3 is 18.6 Å². The number of carbonyl (C=O) groups excluding carboxylic acids is 4. The number of hydrogen-bond donors (Lipinski definition) is 1. The highest BCUT2D eigenvalue weighted by molar-refractivity contribution is 6.01. The lowest BCUT2D eigenvalue weighted by atomic mass is 10.1. The van der Waals surface area contributed by atoms with Crippen molar-refractivity contribution in [3.05, 3.63) is 35.4 Å². The van der Waals surface area contributed by atoms with Gasteiger partial charge in [0.05, 0.1) is 5.56 Å². The Balaban J connectivity index is 2.07. The van der Waals surface area contributed by atoms with E-state index in [4.69, 9.17) is 0 Å². The first-order valence-electron chi connectivity index (χ1n) is 6.89. The van der Waals surface area contributed by atoms with Crippen LogP contribution in [0.5, 0.6) is 0 Å². The zero-order chi connectivity index (χ0) is 18.6. The third-order valence-corrected chi connectivity index (χ3v) is 3.22. The Labute approximate surface area is 138 Å². The van der Waals surface area contributed by atoms with Gasteiger partial charge < -0.3 is 0 Å². The number of imide groups is 1. The Hall–Kier alpha value is -3.11. The van der Waals surface area contributed by atoms with Gasteiger partial charge in [0.15, 0.2) is 6.67 Å². The highest BCUT2D eigenvalue weighted by atomic mass is 19.4. The van der Waals surface area contributed by atoms with Crippen LogP contribution in [0.2, 0.25) is 0 Å². The van der Waals surface area contributed by atoms with Crippen molar-refractivity contribution in [2.45, 2.75) is 6.18 Å². The van der Waals surface area contributed by atoms with Crippen LogP contribution in [0.25, 0.3) is 0 Å². The number of hydrogen-bond acceptors (Lipinski definition) is 5. The predicted octanol–water partition coefficient (Wildman–Crippen LogP) is 1.02. The Kier molecular flexibility index (Phi) is 5.25. The molecule has 0 aromatic heterocycles. The van der Waals surface area contributed by atoms with Gasteiger partial charge in [-0.25, -0.2) is 9.59 Å². The van der Waals surface area contributed by atoms with Crippen LogP contribution in [0.3, 0.4) is 0 Å². The zero-order valence-corrected chi connectivity index (χ0v) is 12.6. The van der Waals surface area contributed by atoms with Crippen molar-refractivity contribution in [2.75, 3.05) is 19.8 Å². The summed E-state index contributed by atoms with van der Waals surface area (Å²) in [6, 6.07) is 3.08. The maximum atomic E-state index is 12.7. The van der Waals surface area contributed by atoms with Gasteiger partial charge in [0.25, 0.3) is 0 Å². The molecule has 1 fully saturated rings. The molecule has 1 aromatic carbocycles. The molecule has 11 heteroatoms. The predicted molar refractivity (Wildman–Crippen MR) is 74.5 cm³/mol. The van der Waals surface area contributed by atoms with Crippen LogP contribution in [0.4, 0.5) is 18.0 Å². The molecule has 0 bridgehead atoms. The van der Waals surface area contributed by atoms with Crippen LogP contribution in [-0.4, -0.2) is 53.5 Å². The molecule has 1 aromatic rings. The van der Waals surface area contributed by atoms with Crippen molar-refractivity contribution >= 4 is 24.1 Å². The molecule has 25 heavy (non-hydrogen) atoms. The molecule has 1 N–H and O–H groups in total. The van der Waals surface area contributed by atoms with E-state index < -0.39 is 36.0 Å². The summed E-state index contributed by atoms with van der Waals surface area (Å²) < 4.78 is 38.6. The largest absolute Gasteiger partial charge is 0.416 e. The third-order valence-electron chi connectivity index (χ3n) is 3.22. The molecule has 2 rings (SSSR count). The van der Waals surface area contributed by atoms with Crippen molar-refractivity contribution in [3.8, 4) is 0 Å². The van der Waals surface area contributed by atoms with E-state index in [-0.39, 0.29) is 25.2 Å². The molecule has 0 radical (unpaired) electrons. The summed E-state index contributed by atoms with van der Waals surface area (Å²) in [5.41, 5.74) is -1.22. The number of urea groups is 1. The van der Waals surface area contributed by atoms with Crippen molar-refractivity contribution in [1.82, 2.24) is 10.2 Å². The van der Waals surface area contributed by atoms with Gasteiger partial charge in [-0.2, -0.15) is 13.2 Å². The number of azo groups is 2. The normalized spacial score (nSPS) is 15.3. The SMILES string of the molecule is O=C[N+](CC(=O)c1cccc(C(F)(F)F)c1)=NCN1CC(=O)NC1=O. The molecule has 0 saturated carbocycles. The third kappa shape index (κ3) is 4.68. The Morgan fingerprint density at radius 3 is 2.64 bits per heavy atom. The summed E-state index contributed by atoms with van der Waals surface area (Å²) in [5.74, 6) is -1.29. The molecule has 0 unspecified atom stereocenters. The van der Waals surface area contributed by atoms with Gasteiger partial charge in [-0.15, -0.1) is 0 Å². The number of amides is 4. The van der Waals surface area contributed by atoms with Gasteiger partial charge in [0.1, 0.15) is 6.54 Å². The van der Waals surface area contributed by atoms with Crippen LogP contribution < -0.4 is 5.32 Å². The standard InChI is InChI=1S/C14H11F3N4O4/c15-14(16,17)10-3-1-2-9(4-10)11(23)5-21(8-22)18-7-20-6-12(24)19-13(20)25/h1-4,8H,5-7H2/p+1. The number of Topliss-reactive ketones (excluding diaryl/α,β-unsaturated/α-hetero) is 1. The van der Waals surface area contributed by atoms with Crippen molar-refractivity contribution in [2.24, 2.45) is 5.11 Å². The smallest absolute Gasteiger partial charge is 0.290 e. The molecule has 0 aliphatic carbocycles. The lowest BCUT2D eigenvalue weighted by Gasteiger charge is -2.07. The van der Waals surface area contributed by atoms with E-state index in [2.05, 4.69) is 5.11 Å². The first-order chi connectivity index (χ1) is 11.7. The van der Waals surface area contributed by atoms with Crippen LogP contribution >= 0.6 is 0 Å². The van der Waals surface area contributed by atoms with Crippen molar-refractivity contribution in [1.29, 1.82) is 0 Å². The number of nitrogens with one attached hydrogen (secondary N) is 1. The molecule has 1 aliphatic heterocycles. The maximum absolute atomic E-state index is 12.7. The number of nitrogens with zero attached hydrogens (tertiary/aromatic N) is 3. The second kappa shape index (κ2) is 7.20. The van der Waals surface area contributed by atoms with Crippen molar-refractivity contribution < 1.29 is 37.0 Å². The highest BCUT2D eigenvalue weighted by Crippen LogP contribution is 2.29. The van der Waals surface area contributed by atoms with E-state index in [0.29, 0.717) is 10.8 Å². The number of halogens is 3. The average molecular weight is 357 g/mol.